The second kappa shape index (κ2) is 8.56. The third-order valence-corrected chi connectivity index (χ3v) is 8.13. The number of nitrogens with zero attached hydrogens (tertiary/aromatic N) is 5. The van der Waals surface area contributed by atoms with E-state index in [-0.39, 0.29) is 23.8 Å². The van der Waals surface area contributed by atoms with E-state index in [1.54, 1.807) is 0 Å². The molecule has 0 radical (unpaired) electrons. The number of likely N-dealkylation sites (tertiary alicyclic amines) is 1. The lowest BCUT2D eigenvalue weighted by molar-refractivity contribution is -0.150. The molecule has 1 saturated heterocycles. The Kier molecular flexibility index (Phi) is 6.04. The minimum atomic E-state index is -1.94. The number of rotatable bonds is 7. The standard InChI is InChI=1S/C21H26N6O6S/c1-3-26(4-2)18-24-13-11(14(25-18)16(22)29)6-7-12-15(13)34-19(23-12)27(20(32)33)9-5-8-21(27,10-28)17(30)31/h28H,3-10H2,1-2H3,(H3-,22,29,30,31,32,33)/p+1/t21?,27-/m1/s1. The third-order valence-electron chi connectivity index (χ3n) is 6.92. The lowest BCUT2D eigenvalue weighted by Crippen LogP contribution is -2.70. The van der Waals surface area contributed by atoms with Crippen LogP contribution in [-0.4, -0.2) is 80.0 Å². The molecule has 1 unspecified atom stereocenters. The van der Waals surface area contributed by atoms with Crippen molar-refractivity contribution in [3.8, 4) is 10.6 Å². The molecule has 2 aromatic rings. The van der Waals surface area contributed by atoms with Crippen molar-refractivity contribution in [2.45, 2.75) is 45.1 Å². The quantitative estimate of drug-likeness (QED) is 0.411. The SMILES string of the molecule is CCN(CC)c1nc(C(N)=O)c2c(n1)-c1sc([N@@+]3(C(=O)O)CCCC3(CO)C(=O)O)nc1CC2. The molecule has 2 atom stereocenters. The Balaban J connectivity index is 1.95. The summed E-state index contributed by atoms with van der Waals surface area (Å²) in [4.78, 5) is 53.2. The molecule has 3 heterocycles. The second-order valence-electron chi connectivity index (χ2n) is 8.42. The summed E-state index contributed by atoms with van der Waals surface area (Å²) in [6.45, 7) is 4.22. The predicted octanol–water partition coefficient (Wildman–Crippen LogP) is 1.24. The van der Waals surface area contributed by atoms with Gasteiger partial charge in [0.25, 0.3) is 11.0 Å². The first kappa shape index (κ1) is 24.0. The van der Waals surface area contributed by atoms with Crippen molar-refractivity contribution in [3.63, 3.8) is 0 Å². The number of carboxylic acid groups (broad SMARTS) is 2. The van der Waals surface area contributed by atoms with Gasteiger partial charge in [-0.25, -0.2) is 14.8 Å². The number of fused-ring (bicyclic) bond motifs is 3. The van der Waals surface area contributed by atoms with Crippen molar-refractivity contribution >= 4 is 40.4 Å². The number of quaternary nitrogens is 1. The van der Waals surface area contributed by atoms with Crippen molar-refractivity contribution in [2.24, 2.45) is 5.73 Å². The monoisotopic (exact) mass is 491 g/mol. The van der Waals surface area contributed by atoms with Gasteiger partial charge in [-0.05, 0) is 26.7 Å². The number of amides is 2. The number of nitrogens with two attached hydrogens (primary N) is 1. The molecule has 1 aliphatic heterocycles. The summed E-state index contributed by atoms with van der Waals surface area (Å²) in [5, 5.41) is 30.4. The molecule has 0 aromatic carbocycles. The molecule has 0 bridgehead atoms. The number of aliphatic hydroxyl groups excluding tert-OH is 1. The molecule has 1 aliphatic carbocycles. The molecule has 13 heteroatoms. The minimum Gasteiger partial charge on any atom is -0.477 e. The highest BCUT2D eigenvalue weighted by atomic mass is 32.1. The number of aryl methyl sites for hydroxylation is 1. The predicted molar refractivity (Wildman–Crippen MR) is 124 cm³/mol. The maximum absolute atomic E-state index is 12.6. The van der Waals surface area contributed by atoms with E-state index < -0.39 is 34.6 Å². The summed E-state index contributed by atoms with van der Waals surface area (Å²) in [6.07, 6.45) is -0.290. The van der Waals surface area contributed by atoms with Gasteiger partial charge in [0.15, 0.2) is 0 Å². The van der Waals surface area contributed by atoms with E-state index in [0.717, 1.165) is 11.3 Å². The lowest BCUT2D eigenvalue weighted by Gasteiger charge is -2.37. The number of aliphatic carboxylic acids is 1. The molecule has 0 spiro atoms. The molecule has 182 valence electrons. The number of aliphatic hydroxyl groups is 1. The van der Waals surface area contributed by atoms with Gasteiger partial charge in [0.05, 0.1) is 22.8 Å². The molecule has 4 rings (SSSR count). The van der Waals surface area contributed by atoms with Crippen LogP contribution < -0.4 is 15.1 Å². The Hall–Kier alpha value is -3.16. The average molecular weight is 492 g/mol. The summed E-state index contributed by atoms with van der Waals surface area (Å²) in [7, 11) is 0. The molecular formula is C21H27N6O6S+. The summed E-state index contributed by atoms with van der Waals surface area (Å²) in [6, 6.07) is 0. The van der Waals surface area contributed by atoms with E-state index in [0.29, 0.717) is 60.1 Å². The largest absolute Gasteiger partial charge is 0.521 e. The van der Waals surface area contributed by atoms with Crippen LogP contribution in [0, 0.1) is 0 Å². The van der Waals surface area contributed by atoms with E-state index in [2.05, 4.69) is 9.97 Å². The highest BCUT2D eigenvalue weighted by molar-refractivity contribution is 7.19. The third kappa shape index (κ3) is 3.18. The van der Waals surface area contributed by atoms with E-state index in [4.69, 9.17) is 10.7 Å². The number of carboxylic acids is 1. The number of primary amides is 1. The minimum absolute atomic E-state index is 0.00602. The van der Waals surface area contributed by atoms with Gasteiger partial charge < -0.3 is 26.0 Å². The van der Waals surface area contributed by atoms with Crippen molar-refractivity contribution < 1.29 is 29.7 Å². The molecular weight excluding hydrogens is 464 g/mol. The van der Waals surface area contributed by atoms with Crippen LogP contribution in [0.2, 0.25) is 0 Å². The number of carbonyl (C=O) groups is 3. The average Bonchev–Trinajstić information content (AvgIpc) is 3.42. The molecule has 2 aliphatic rings. The van der Waals surface area contributed by atoms with E-state index in [1.165, 1.54) is 0 Å². The number of aromatic nitrogens is 3. The van der Waals surface area contributed by atoms with Crippen LogP contribution in [0.25, 0.3) is 10.6 Å². The van der Waals surface area contributed by atoms with Crippen molar-refractivity contribution in [3.05, 3.63) is 17.0 Å². The van der Waals surface area contributed by atoms with Crippen molar-refractivity contribution in [1.82, 2.24) is 19.4 Å². The number of anilines is 1. The molecule has 0 saturated carbocycles. The molecule has 2 amide bonds. The number of thiazole rings is 1. The first-order chi connectivity index (χ1) is 16.2. The van der Waals surface area contributed by atoms with Gasteiger partial charge in [-0.15, -0.1) is 4.48 Å². The maximum atomic E-state index is 12.6. The second-order valence-corrected chi connectivity index (χ2v) is 9.40. The molecule has 2 aromatic heterocycles. The summed E-state index contributed by atoms with van der Waals surface area (Å²) in [5.74, 6) is -1.73. The zero-order valence-electron chi connectivity index (χ0n) is 18.9. The maximum Gasteiger partial charge on any atom is 0.521 e. The van der Waals surface area contributed by atoms with Crippen LogP contribution in [0.4, 0.5) is 15.9 Å². The first-order valence-corrected chi connectivity index (χ1v) is 11.9. The highest BCUT2D eigenvalue weighted by Crippen LogP contribution is 2.49. The van der Waals surface area contributed by atoms with E-state index in [9.17, 15) is 29.7 Å². The van der Waals surface area contributed by atoms with E-state index >= 15 is 0 Å². The number of carbonyl (C=O) groups excluding carboxylic acids is 1. The first-order valence-electron chi connectivity index (χ1n) is 11.1. The topological polar surface area (TPSA) is 180 Å². The summed E-state index contributed by atoms with van der Waals surface area (Å²) < 4.78 is -0.984. The Morgan fingerprint density at radius 1 is 1.15 bits per heavy atom. The fourth-order valence-corrected chi connectivity index (χ4v) is 6.41. The van der Waals surface area contributed by atoms with Gasteiger partial charge in [-0.2, -0.15) is 9.78 Å². The Morgan fingerprint density at radius 2 is 1.85 bits per heavy atom. The van der Waals surface area contributed by atoms with Crippen LogP contribution >= 0.6 is 11.3 Å². The lowest BCUT2D eigenvalue weighted by atomic mass is 9.95. The van der Waals surface area contributed by atoms with Gasteiger partial charge in [-0.1, -0.05) is 11.3 Å². The zero-order valence-corrected chi connectivity index (χ0v) is 19.8. The highest BCUT2D eigenvalue weighted by Gasteiger charge is 2.68. The van der Waals surface area contributed by atoms with Gasteiger partial charge in [-0.3, -0.25) is 4.79 Å². The Morgan fingerprint density at radius 3 is 2.41 bits per heavy atom. The number of hydrogen-bond donors (Lipinski definition) is 4. The van der Waals surface area contributed by atoms with Crippen molar-refractivity contribution in [1.29, 1.82) is 0 Å². The number of hydrogen-bond acceptors (Lipinski definition) is 9. The van der Waals surface area contributed by atoms with Crippen LogP contribution in [0.1, 0.15) is 48.4 Å². The Labute approximate surface area is 199 Å². The normalized spacial score (nSPS) is 23.3. The zero-order chi connectivity index (χ0) is 24.8. The van der Waals surface area contributed by atoms with Gasteiger partial charge in [0.2, 0.25) is 11.5 Å². The fraction of sp³-hybridized carbons (Fsp3) is 0.524. The van der Waals surface area contributed by atoms with Crippen LogP contribution in [0.3, 0.4) is 0 Å². The van der Waals surface area contributed by atoms with Crippen LogP contribution in [0.15, 0.2) is 0 Å². The van der Waals surface area contributed by atoms with Gasteiger partial charge in [0.1, 0.15) is 12.3 Å². The van der Waals surface area contributed by atoms with E-state index in [1.807, 2.05) is 18.7 Å². The van der Waals surface area contributed by atoms with Crippen LogP contribution in [-0.2, 0) is 17.6 Å². The Bertz CT molecular complexity index is 1180. The molecule has 12 nitrogen and oxygen atoms in total. The van der Waals surface area contributed by atoms with Gasteiger partial charge in [0, 0.05) is 31.5 Å². The smallest absolute Gasteiger partial charge is 0.477 e. The molecule has 5 N–H and O–H groups in total. The summed E-state index contributed by atoms with van der Waals surface area (Å²) in [5.41, 5.74) is 5.42. The summed E-state index contributed by atoms with van der Waals surface area (Å²) >= 11 is 1.04. The molecule has 1 fully saturated rings. The molecule has 34 heavy (non-hydrogen) atoms. The fourth-order valence-electron chi connectivity index (χ4n) is 5.04. The van der Waals surface area contributed by atoms with Crippen LogP contribution in [0.5, 0.6) is 0 Å². The van der Waals surface area contributed by atoms with Crippen molar-refractivity contribution in [2.75, 3.05) is 31.1 Å². The van der Waals surface area contributed by atoms with Gasteiger partial charge >= 0.3 is 12.1 Å².